The van der Waals surface area contributed by atoms with Crippen LogP contribution in [0.4, 0.5) is 0 Å². The number of pyridine rings is 1. The molecule has 4 aromatic heterocycles. The van der Waals surface area contributed by atoms with E-state index in [2.05, 4.69) is 20.3 Å². The first kappa shape index (κ1) is 18.8. The molecule has 1 amide bonds. The summed E-state index contributed by atoms with van der Waals surface area (Å²) in [6.07, 6.45) is 5.52. The zero-order chi connectivity index (χ0) is 20.3. The van der Waals surface area contributed by atoms with Crippen LogP contribution in [0.2, 0.25) is 0 Å². The van der Waals surface area contributed by atoms with Crippen molar-refractivity contribution in [1.82, 2.24) is 20.2 Å². The molecule has 0 bridgehead atoms. The average Bonchev–Trinajstić information content (AvgIpc) is 3.57. The molecule has 0 saturated heterocycles. The molecule has 0 fully saturated rings. The Labute approximate surface area is 179 Å². The van der Waals surface area contributed by atoms with Crippen molar-refractivity contribution in [2.75, 3.05) is 5.75 Å². The zero-order valence-electron chi connectivity index (χ0n) is 15.5. The first-order chi connectivity index (χ1) is 14.8. The largest absolute Gasteiger partial charge is 0.467 e. The molecule has 1 unspecified atom stereocenters. The fourth-order valence-corrected chi connectivity index (χ4v) is 4.44. The van der Waals surface area contributed by atoms with Gasteiger partial charge in [0.2, 0.25) is 5.89 Å². The molecule has 0 radical (unpaired) electrons. The molecule has 0 N–H and O–H groups in total. The van der Waals surface area contributed by atoms with Crippen molar-refractivity contribution in [2.24, 2.45) is 5.10 Å². The van der Waals surface area contributed by atoms with Crippen LogP contribution in [-0.4, -0.2) is 37.6 Å². The number of rotatable bonds is 6. The minimum absolute atomic E-state index is 0.121. The molecule has 1 atom stereocenters. The molecular formula is C20H15N5O3S2. The monoisotopic (exact) mass is 437 g/mol. The topological polar surface area (TPSA) is 97.6 Å². The van der Waals surface area contributed by atoms with Gasteiger partial charge in [0.1, 0.15) is 11.8 Å². The number of carbonyl (C=O) groups excluding carboxylic acids is 1. The molecule has 8 nitrogen and oxygen atoms in total. The van der Waals surface area contributed by atoms with Crippen molar-refractivity contribution < 1.29 is 13.6 Å². The molecule has 4 aromatic rings. The Bertz CT molecular complexity index is 1160. The molecule has 1 aliphatic rings. The minimum Gasteiger partial charge on any atom is -0.467 e. The van der Waals surface area contributed by atoms with E-state index < -0.39 is 0 Å². The van der Waals surface area contributed by atoms with Gasteiger partial charge < -0.3 is 8.83 Å². The van der Waals surface area contributed by atoms with Gasteiger partial charge in [0.25, 0.3) is 11.1 Å². The van der Waals surface area contributed by atoms with Gasteiger partial charge in [-0.1, -0.05) is 17.8 Å². The maximum Gasteiger partial charge on any atom is 0.277 e. The zero-order valence-corrected chi connectivity index (χ0v) is 17.2. The molecule has 5 rings (SSSR count). The second-order valence-electron chi connectivity index (χ2n) is 6.40. The van der Waals surface area contributed by atoms with Crippen LogP contribution in [0.5, 0.6) is 0 Å². The lowest BCUT2D eigenvalue weighted by molar-refractivity contribution is -0.130. The number of furan rings is 1. The third kappa shape index (κ3) is 3.79. The van der Waals surface area contributed by atoms with E-state index in [1.165, 1.54) is 16.8 Å². The Morgan fingerprint density at radius 2 is 2.10 bits per heavy atom. The van der Waals surface area contributed by atoms with E-state index in [0.717, 1.165) is 16.2 Å². The molecule has 0 saturated carbocycles. The summed E-state index contributed by atoms with van der Waals surface area (Å²) in [5.74, 6) is 1.06. The molecule has 1 aliphatic heterocycles. The number of carbonyl (C=O) groups is 1. The maximum absolute atomic E-state index is 13.0. The van der Waals surface area contributed by atoms with E-state index in [9.17, 15) is 4.79 Å². The van der Waals surface area contributed by atoms with Crippen LogP contribution in [0.1, 0.15) is 23.1 Å². The Kier molecular flexibility index (Phi) is 5.16. The van der Waals surface area contributed by atoms with Crippen molar-refractivity contribution in [3.05, 3.63) is 71.1 Å². The second kappa shape index (κ2) is 8.25. The summed E-state index contributed by atoms with van der Waals surface area (Å²) in [4.78, 5) is 18.0. The number of thiophene rings is 1. The first-order valence-corrected chi connectivity index (χ1v) is 11.0. The molecular weight excluding hydrogens is 422 g/mol. The quantitative estimate of drug-likeness (QED) is 0.416. The van der Waals surface area contributed by atoms with E-state index in [-0.39, 0.29) is 17.7 Å². The van der Waals surface area contributed by atoms with Crippen molar-refractivity contribution in [1.29, 1.82) is 0 Å². The summed E-state index contributed by atoms with van der Waals surface area (Å²) < 4.78 is 11.2. The Morgan fingerprint density at radius 3 is 2.87 bits per heavy atom. The number of amides is 1. The molecule has 0 spiro atoms. The number of thioether (sulfide) groups is 1. The molecule has 150 valence electrons. The summed E-state index contributed by atoms with van der Waals surface area (Å²) in [5.41, 5.74) is 1.65. The van der Waals surface area contributed by atoms with Crippen LogP contribution in [0.25, 0.3) is 11.5 Å². The van der Waals surface area contributed by atoms with Gasteiger partial charge >= 0.3 is 0 Å². The lowest BCUT2D eigenvalue weighted by atomic mass is 10.1. The summed E-state index contributed by atoms with van der Waals surface area (Å²) in [6.45, 7) is 0. The van der Waals surface area contributed by atoms with Gasteiger partial charge in [-0.05, 0) is 35.7 Å². The molecule has 30 heavy (non-hydrogen) atoms. The number of hydrogen-bond donors (Lipinski definition) is 0. The van der Waals surface area contributed by atoms with Gasteiger partial charge in [0.05, 0.1) is 22.6 Å². The van der Waals surface area contributed by atoms with Gasteiger partial charge in [-0.15, -0.1) is 21.5 Å². The van der Waals surface area contributed by atoms with Gasteiger partial charge in [-0.2, -0.15) is 5.10 Å². The highest BCUT2D eigenvalue weighted by Crippen LogP contribution is 2.35. The maximum atomic E-state index is 13.0. The smallest absolute Gasteiger partial charge is 0.277 e. The van der Waals surface area contributed by atoms with Gasteiger partial charge in [0.15, 0.2) is 0 Å². The fourth-order valence-electron chi connectivity index (χ4n) is 3.10. The third-order valence-electron chi connectivity index (χ3n) is 4.50. The predicted molar refractivity (Wildman–Crippen MR) is 112 cm³/mol. The summed E-state index contributed by atoms with van der Waals surface area (Å²) >= 11 is 2.79. The van der Waals surface area contributed by atoms with E-state index in [1.807, 2.05) is 29.6 Å². The van der Waals surface area contributed by atoms with Gasteiger partial charge in [0, 0.05) is 24.4 Å². The van der Waals surface area contributed by atoms with E-state index >= 15 is 0 Å². The van der Waals surface area contributed by atoms with Crippen LogP contribution in [0.15, 0.2) is 79.6 Å². The van der Waals surface area contributed by atoms with Crippen LogP contribution >= 0.6 is 23.1 Å². The highest BCUT2D eigenvalue weighted by Gasteiger charge is 2.35. The Hall–Kier alpha value is -3.24. The Balaban J connectivity index is 1.31. The molecule has 5 heterocycles. The number of aromatic nitrogens is 3. The van der Waals surface area contributed by atoms with Crippen molar-refractivity contribution >= 4 is 34.7 Å². The summed E-state index contributed by atoms with van der Waals surface area (Å²) in [6, 6.07) is 11.0. The van der Waals surface area contributed by atoms with Crippen molar-refractivity contribution in [2.45, 2.75) is 17.7 Å². The van der Waals surface area contributed by atoms with Crippen LogP contribution in [-0.2, 0) is 4.79 Å². The minimum atomic E-state index is -0.264. The summed E-state index contributed by atoms with van der Waals surface area (Å²) in [7, 11) is 0. The van der Waals surface area contributed by atoms with E-state index in [0.29, 0.717) is 23.3 Å². The Morgan fingerprint density at radius 1 is 1.20 bits per heavy atom. The van der Waals surface area contributed by atoms with Gasteiger partial charge in [-0.25, -0.2) is 5.01 Å². The fraction of sp³-hybridized carbons (Fsp3) is 0.150. The van der Waals surface area contributed by atoms with E-state index in [4.69, 9.17) is 8.83 Å². The number of hydrogen-bond acceptors (Lipinski definition) is 9. The number of hydrazone groups is 1. The lowest BCUT2D eigenvalue weighted by Gasteiger charge is -2.19. The summed E-state index contributed by atoms with van der Waals surface area (Å²) in [5, 5.41) is 16.5. The van der Waals surface area contributed by atoms with Gasteiger partial charge in [-0.3, -0.25) is 9.78 Å². The molecule has 10 heteroatoms. The lowest BCUT2D eigenvalue weighted by Crippen LogP contribution is -2.28. The second-order valence-corrected chi connectivity index (χ2v) is 8.27. The SMILES string of the molecule is O=C(CSc1nnc(-c2ccncc2)o1)N1N=C(c2cccs2)CC1c1ccco1. The predicted octanol–water partition coefficient (Wildman–Crippen LogP) is 4.26. The van der Waals surface area contributed by atoms with E-state index in [1.54, 1.807) is 42.1 Å². The normalized spacial score (nSPS) is 16.1. The number of nitrogens with zero attached hydrogens (tertiary/aromatic N) is 5. The van der Waals surface area contributed by atoms with Crippen LogP contribution in [0, 0.1) is 0 Å². The van der Waals surface area contributed by atoms with Crippen molar-refractivity contribution in [3.8, 4) is 11.5 Å². The standard InChI is InChI=1S/C20H15N5O3S2/c26-18(12-30-20-23-22-19(28-20)13-5-7-21-8-6-13)25-15(16-3-1-9-27-16)11-14(24-25)17-4-2-10-29-17/h1-10,15H,11-12H2. The van der Waals surface area contributed by atoms with Crippen molar-refractivity contribution in [3.63, 3.8) is 0 Å². The average molecular weight is 438 g/mol. The highest BCUT2D eigenvalue weighted by atomic mass is 32.2. The molecule has 0 aliphatic carbocycles. The van der Waals surface area contributed by atoms with Crippen LogP contribution < -0.4 is 0 Å². The van der Waals surface area contributed by atoms with Crippen LogP contribution in [0.3, 0.4) is 0 Å². The highest BCUT2D eigenvalue weighted by molar-refractivity contribution is 7.99. The third-order valence-corrected chi connectivity index (χ3v) is 6.22. The molecule has 0 aromatic carbocycles. The first-order valence-electron chi connectivity index (χ1n) is 9.11.